The normalized spacial score (nSPS) is 29.2. The van der Waals surface area contributed by atoms with Crippen LogP contribution in [0.25, 0.3) is 0 Å². The topological polar surface area (TPSA) is 60.9 Å². The Morgan fingerprint density at radius 3 is 2.33 bits per heavy atom. The molecule has 5 nitrogen and oxygen atoms in total. The molecule has 0 aromatic rings. The monoisotopic (exact) mass is 190 g/mol. The van der Waals surface area contributed by atoms with Gasteiger partial charge in [0.1, 0.15) is 0 Å². The van der Waals surface area contributed by atoms with Crippen LogP contribution in [0.4, 0.5) is 0 Å². The van der Waals surface area contributed by atoms with Gasteiger partial charge in [-0.05, 0) is 0 Å². The van der Waals surface area contributed by atoms with Crippen molar-refractivity contribution < 1.29 is 13.6 Å². The van der Waals surface area contributed by atoms with E-state index >= 15 is 0 Å². The number of nitrogens with zero attached hydrogens (tertiary/aromatic N) is 2. The van der Waals surface area contributed by atoms with Crippen LogP contribution in [0.1, 0.15) is 0 Å². The molecule has 1 unspecified atom stereocenters. The Bertz CT molecular complexity index is 231. The predicted octanol–water partition coefficient (Wildman–Crippen LogP) is -1.10. The summed E-state index contributed by atoms with van der Waals surface area (Å²) >= 11 is -1.82. The lowest BCUT2D eigenvalue weighted by atomic mass is 9.75. The van der Waals surface area contributed by atoms with Gasteiger partial charge in [0.05, 0.1) is 0 Å². The fourth-order valence-electron chi connectivity index (χ4n) is 1.90. The van der Waals surface area contributed by atoms with E-state index in [0.717, 1.165) is 19.5 Å². The molecule has 0 saturated carbocycles. The van der Waals surface area contributed by atoms with Crippen LogP contribution in [0.3, 0.4) is 0 Å². The zero-order chi connectivity index (χ0) is 8.77. The zero-order valence-corrected chi connectivity index (χ0v) is 7.29. The first kappa shape index (κ1) is 8.15. The molecule has 2 heterocycles. The molecule has 2 saturated heterocycles. The smallest absolute Gasteiger partial charge is 0.234 e. The Kier molecular flexibility index (Phi) is 1.71. The second-order valence-electron chi connectivity index (χ2n) is 3.54. The second kappa shape index (κ2) is 2.51. The van der Waals surface area contributed by atoms with Crippen molar-refractivity contribution in [3.05, 3.63) is 0 Å². The van der Waals surface area contributed by atoms with Crippen LogP contribution in [-0.4, -0.2) is 50.6 Å². The Morgan fingerprint density at radius 2 is 1.92 bits per heavy atom. The Morgan fingerprint density at radius 1 is 1.33 bits per heavy atom. The van der Waals surface area contributed by atoms with Crippen molar-refractivity contribution >= 4 is 17.7 Å². The highest BCUT2D eigenvalue weighted by Crippen LogP contribution is 2.38. The molecule has 6 heteroatoms. The van der Waals surface area contributed by atoms with E-state index in [-0.39, 0.29) is 5.41 Å². The van der Waals surface area contributed by atoms with Crippen molar-refractivity contribution in [3.8, 4) is 0 Å². The Balaban J connectivity index is 1.82. The van der Waals surface area contributed by atoms with E-state index < -0.39 is 11.3 Å². The Hall–Kier alpha value is -0.460. The fourth-order valence-corrected chi connectivity index (χ4v) is 2.67. The van der Waals surface area contributed by atoms with Crippen molar-refractivity contribution in [3.63, 3.8) is 0 Å². The SMILES string of the molecule is O=CN1CC2(C1)CN(S(=O)O)C2. The number of carbonyl (C=O) groups excluding carboxylic acids is 1. The highest BCUT2D eigenvalue weighted by atomic mass is 32.2. The molecule has 0 aromatic carbocycles. The van der Waals surface area contributed by atoms with Gasteiger partial charge in [-0.25, -0.2) is 4.21 Å². The van der Waals surface area contributed by atoms with Crippen LogP contribution in [0.2, 0.25) is 0 Å². The predicted molar refractivity (Wildman–Crippen MR) is 42.4 cm³/mol. The molecule has 1 atom stereocenters. The molecule has 1 N–H and O–H groups in total. The molecule has 12 heavy (non-hydrogen) atoms. The van der Waals surface area contributed by atoms with Crippen LogP contribution in [0, 0.1) is 5.41 Å². The molecular formula is C6H10N2O3S. The molecule has 0 bridgehead atoms. The lowest BCUT2D eigenvalue weighted by Crippen LogP contribution is -2.71. The zero-order valence-electron chi connectivity index (χ0n) is 6.47. The van der Waals surface area contributed by atoms with Gasteiger partial charge in [0, 0.05) is 31.6 Å². The highest BCUT2D eigenvalue weighted by molar-refractivity contribution is 7.76. The van der Waals surface area contributed by atoms with Gasteiger partial charge in [-0.2, -0.15) is 4.31 Å². The quantitative estimate of drug-likeness (QED) is 0.444. The van der Waals surface area contributed by atoms with Crippen LogP contribution in [0.5, 0.6) is 0 Å². The molecule has 0 aromatic heterocycles. The van der Waals surface area contributed by atoms with E-state index in [9.17, 15) is 9.00 Å². The third-order valence-electron chi connectivity index (χ3n) is 2.47. The minimum atomic E-state index is -1.82. The summed E-state index contributed by atoms with van der Waals surface area (Å²) in [6.07, 6.45) is 0.823. The van der Waals surface area contributed by atoms with E-state index in [2.05, 4.69) is 0 Å². The van der Waals surface area contributed by atoms with Crippen molar-refractivity contribution in [2.24, 2.45) is 5.41 Å². The molecule has 0 radical (unpaired) electrons. The molecule has 2 aliphatic rings. The molecule has 1 amide bonds. The number of hydrogen-bond donors (Lipinski definition) is 1. The molecular weight excluding hydrogens is 180 g/mol. The molecule has 1 spiro atoms. The summed E-state index contributed by atoms with van der Waals surface area (Å²) in [5.41, 5.74) is 0.138. The second-order valence-corrected chi connectivity index (χ2v) is 4.52. The van der Waals surface area contributed by atoms with E-state index in [1.54, 1.807) is 4.90 Å². The van der Waals surface area contributed by atoms with Crippen molar-refractivity contribution in [1.29, 1.82) is 0 Å². The summed E-state index contributed by atoms with van der Waals surface area (Å²) in [6.45, 7) is 2.76. The first-order valence-corrected chi connectivity index (χ1v) is 4.77. The number of amides is 1. The van der Waals surface area contributed by atoms with Gasteiger partial charge in [-0.15, -0.1) is 0 Å². The van der Waals surface area contributed by atoms with Crippen LogP contribution >= 0.6 is 0 Å². The highest BCUT2D eigenvalue weighted by Gasteiger charge is 2.53. The van der Waals surface area contributed by atoms with E-state index in [1.165, 1.54) is 4.31 Å². The van der Waals surface area contributed by atoms with Crippen LogP contribution in [0.15, 0.2) is 0 Å². The maximum Gasteiger partial charge on any atom is 0.234 e. The van der Waals surface area contributed by atoms with Gasteiger partial charge < -0.3 is 4.90 Å². The van der Waals surface area contributed by atoms with Crippen LogP contribution < -0.4 is 0 Å². The molecule has 2 rings (SSSR count). The van der Waals surface area contributed by atoms with Gasteiger partial charge in [0.2, 0.25) is 17.7 Å². The largest absolute Gasteiger partial charge is 0.344 e. The molecule has 2 aliphatic heterocycles. The molecule has 68 valence electrons. The van der Waals surface area contributed by atoms with Crippen molar-refractivity contribution in [2.75, 3.05) is 26.2 Å². The molecule has 2 fully saturated rings. The number of carbonyl (C=O) groups is 1. The third kappa shape index (κ3) is 1.07. The Labute approximate surface area is 72.7 Å². The van der Waals surface area contributed by atoms with E-state index in [1.807, 2.05) is 0 Å². The summed E-state index contributed by atoms with van der Waals surface area (Å²) in [6, 6.07) is 0. The van der Waals surface area contributed by atoms with Gasteiger partial charge in [0.25, 0.3) is 0 Å². The summed E-state index contributed by atoms with van der Waals surface area (Å²) < 4.78 is 20.7. The minimum Gasteiger partial charge on any atom is -0.344 e. The summed E-state index contributed by atoms with van der Waals surface area (Å²) in [7, 11) is 0. The first-order chi connectivity index (χ1) is 5.65. The van der Waals surface area contributed by atoms with Gasteiger partial charge in [-0.1, -0.05) is 0 Å². The maximum absolute atomic E-state index is 10.5. The summed E-state index contributed by atoms with van der Waals surface area (Å²) in [5.74, 6) is 0. The first-order valence-electron chi connectivity index (χ1n) is 3.70. The fraction of sp³-hybridized carbons (Fsp3) is 0.833. The molecule has 0 aliphatic carbocycles. The minimum absolute atomic E-state index is 0.138. The summed E-state index contributed by atoms with van der Waals surface area (Å²) in [5, 5.41) is 0. The van der Waals surface area contributed by atoms with Gasteiger partial charge in [0.15, 0.2) is 0 Å². The van der Waals surface area contributed by atoms with Crippen LogP contribution in [-0.2, 0) is 16.1 Å². The van der Waals surface area contributed by atoms with E-state index in [4.69, 9.17) is 4.55 Å². The summed E-state index contributed by atoms with van der Waals surface area (Å²) in [4.78, 5) is 11.9. The maximum atomic E-state index is 10.5. The lowest BCUT2D eigenvalue weighted by Gasteiger charge is -2.57. The van der Waals surface area contributed by atoms with Crippen molar-refractivity contribution in [1.82, 2.24) is 9.21 Å². The number of likely N-dealkylation sites (tertiary alicyclic amines) is 1. The average Bonchev–Trinajstić information content (AvgIpc) is 1.81. The van der Waals surface area contributed by atoms with Crippen molar-refractivity contribution in [2.45, 2.75) is 0 Å². The standard InChI is InChI=1S/C6H10N2O3S/c9-5-7-1-6(2-7)3-8(4-6)12(10)11/h5H,1-4H2,(H,10,11). The van der Waals surface area contributed by atoms with Gasteiger partial charge in [-0.3, -0.25) is 9.35 Å². The third-order valence-corrected chi connectivity index (χ3v) is 3.17. The lowest BCUT2D eigenvalue weighted by molar-refractivity contribution is -0.138. The number of hydrogen-bond acceptors (Lipinski definition) is 2. The number of rotatable bonds is 2. The van der Waals surface area contributed by atoms with E-state index in [0.29, 0.717) is 13.1 Å². The van der Waals surface area contributed by atoms with Gasteiger partial charge >= 0.3 is 0 Å². The average molecular weight is 190 g/mol.